The fourth-order valence-electron chi connectivity index (χ4n) is 6.94. The number of nitrogens with zero attached hydrogens (tertiary/aromatic N) is 3. The second kappa shape index (κ2) is 8.96. The van der Waals surface area contributed by atoms with Crippen molar-refractivity contribution in [3.05, 3.63) is 140 Å². The van der Waals surface area contributed by atoms with Crippen LogP contribution in [-0.4, -0.2) is 14.5 Å². The molecule has 0 saturated carbocycles. The van der Waals surface area contributed by atoms with E-state index in [4.69, 9.17) is 9.97 Å². The Hall–Kier alpha value is -5.58. The van der Waals surface area contributed by atoms with Crippen LogP contribution in [0, 0.1) is 0 Å². The molecule has 4 heteroatoms. The average molecular weight is 578 g/mol. The Bertz CT molecular complexity index is 2770. The molecule has 0 N–H and O–H groups in total. The van der Waals surface area contributed by atoms with Crippen molar-refractivity contribution in [1.29, 1.82) is 0 Å². The third-order valence-electron chi connectivity index (χ3n) is 8.96. The molecule has 0 aliphatic heterocycles. The van der Waals surface area contributed by atoms with Crippen molar-refractivity contribution >= 4 is 85.8 Å². The molecule has 0 saturated heterocycles. The van der Waals surface area contributed by atoms with Crippen molar-refractivity contribution < 1.29 is 0 Å². The zero-order valence-electron chi connectivity index (χ0n) is 23.5. The first-order valence-corrected chi connectivity index (χ1v) is 15.7. The van der Waals surface area contributed by atoms with Crippen LogP contribution < -0.4 is 0 Å². The highest BCUT2D eigenvalue weighted by molar-refractivity contribution is 7.25. The Kier molecular flexibility index (Phi) is 4.87. The van der Waals surface area contributed by atoms with E-state index in [1.807, 2.05) is 23.5 Å². The Morgan fingerprint density at radius 2 is 1.14 bits per heavy atom. The van der Waals surface area contributed by atoms with Gasteiger partial charge >= 0.3 is 0 Å². The number of para-hydroxylation sites is 2. The molecule has 3 nitrogen and oxygen atoms in total. The number of rotatable bonds is 2. The molecule has 204 valence electrons. The molecule has 0 aliphatic carbocycles. The molecule has 10 aromatic rings. The summed E-state index contributed by atoms with van der Waals surface area (Å²) < 4.78 is 4.90. The topological polar surface area (TPSA) is 30.7 Å². The van der Waals surface area contributed by atoms with Gasteiger partial charge in [0.25, 0.3) is 0 Å². The lowest BCUT2D eigenvalue weighted by molar-refractivity contribution is 1.01. The van der Waals surface area contributed by atoms with Gasteiger partial charge in [0.2, 0.25) is 5.95 Å². The van der Waals surface area contributed by atoms with Gasteiger partial charge in [-0.15, -0.1) is 11.3 Å². The standard InChI is InChI=1S/C40H23N3S/c1-2-10-24(11-3-1)39-29-14-4-7-15-34(29)41-40(42-39)43-35-16-8-5-12-27(35)32-22-30-26(21-36(32)43)19-18-25-20-33-28-13-6-9-17-37(28)44-38(33)23-31(25)30/h1-23H. The second-order valence-corrected chi connectivity index (χ2v) is 12.5. The maximum atomic E-state index is 5.25. The normalized spacial score (nSPS) is 12.1. The molecule has 0 aliphatic rings. The van der Waals surface area contributed by atoms with Gasteiger partial charge in [0.15, 0.2) is 0 Å². The van der Waals surface area contributed by atoms with Crippen molar-refractivity contribution in [1.82, 2.24) is 14.5 Å². The molecular weight excluding hydrogens is 555 g/mol. The molecule has 3 heterocycles. The van der Waals surface area contributed by atoms with E-state index in [-0.39, 0.29) is 0 Å². The number of aromatic nitrogens is 3. The van der Waals surface area contributed by atoms with Gasteiger partial charge in [-0.1, -0.05) is 97.1 Å². The highest BCUT2D eigenvalue weighted by atomic mass is 32.1. The van der Waals surface area contributed by atoms with E-state index < -0.39 is 0 Å². The molecule has 0 radical (unpaired) electrons. The molecule has 3 aromatic heterocycles. The molecule has 10 rings (SSSR count). The van der Waals surface area contributed by atoms with E-state index in [0.29, 0.717) is 5.95 Å². The highest BCUT2D eigenvalue weighted by Crippen LogP contribution is 2.41. The van der Waals surface area contributed by atoms with E-state index in [9.17, 15) is 0 Å². The summed E-state index contributed by atoms with van der Waals surface area (Å²) in [6.45, 7) is 0. The maximum Gasteiger partial charge on any atom is 0.235 e. The molecule has 0 amide bonds. The third-order valence-corrected chi connectivity index (χ3v) is 10.1. The van der Waals surface area contributed by atoms with Gasteiger partial charge < -0.3 is 0 Å². The predicted octanol–water partition coefficient (Wildman–Crippen LogP) is 11.1. The first-order chi connectivity index (χ1) is 21.8. The molecule has 0 spiro atoms. The van der Waals surface area contributed by atoms with Gasteiger partial charge in [-0.25, -0.2) is 9.97 Å². The molecule has 0 bridgehead atoms. The smallest absolute Gasteiger partial charge is 0.235 e. The minimum atomic E-state index is 0.681. The van der Waals surface area contributed by atoms with Crippen LogP contribution in [0.25, 0.3) is 91.6 Å². The Labute approximate surface area is 256 Å². The van der Waals surface area contributed by atoms with Crippen LogP contribution in [0.15, 0.2) is 140 Å². The summed E-state index contributed by atoms with van der Waals surface area (Å²) in [5.74, 6) is 0.681. The van der Waals surface area contributed by atoms with E-state index in [1.165, 1.54) is 52.5 Å². The Morgan fingerprint density at radius 1 is 0.432 bits per heavy atom. The van der Waals surface area contributed by atoms with Crippen molar-refractivity contribution in [2.45, 2.75) is 0 Å². The molecule has 0 atom stereocenters. The van der Waals surface area contributed by atoms with Crippen molar-refractivity contribution in [2.75, 3.05) is 0 Å². The lowest BCUT2D eigenvalue weighted by Crippen LogP contribution is -2.03. The van der Waals surface area contributed by atoms with Crippen molar-refractivity contribution in [3.63, 3.8) is 0 Å². The van der Waals surface area contributed by atoms with Gasteiger partial charge in [-0.2, -0.15) is 0 Å². The number of hydrogen-bond acceptors (Lipinski definition) is 3. The number of benzene rings is 7. The zero-order valence-corrected chi connectivity index (χ0v) is 24.3. The van der Waals surface area contributed by atoms with E-state index in [0.717, 1.165) is 33.2 Å². The fourth-order valence-corrected chi connectivity index (χ4v) is 8.06. The lowest BCUT2D eigenvalue weighted by Gasteiger charge is -2.12. The highest BCUT2D eigenvalue weighted by Gasteiger charge is 2.18. The third kappa shape index (κ3) is 3.37. The molecular formula is C40H23N3S. The SMILES string of the molecule is c1ccc(-c2nc(-n3c4ccccc4c4cc5c(ccc6cc7c(cc65)sc5ccccc57)cc43)nc3ccccc23)cc1. The average Bonchev–Trinajstić information content (AvgIpc) is 3.61. The predicted molar refractivity (Wildman–Crippen MR) is 187 cm³/mol. The van der Waals surface area contributed by atoms with Gasteiger partial charge in [-0.3, -0.25) is 4.57 Å². The van der Waals surface area contributed by atoms with E-state index in [1.54, 1.807) is 0 Å². The summed E-state index contributed by atoms with van der Waals surface area (Å²) in [6.07, 6.45) is 0. The van der Waals surface area contributed by atoms with Crippen molar-refractivity contribution in [2.24, 2.45) is 0 Å². The summed E-state index contributed by atoms with van der Waals surface area (Å²) in [7, 11) is 0. The maximum absolute atomic E-state index is 5.25. The van der Waals surface area contributed by atoms with Gasteiger partial charge in [-0.05, 0) is 64.0 Å². The largest absolute Gasteiger partial charge is 0.278 e. The molecule has 7 aromatic carbocycles. The molecule has 0 fully saturated rings. The summed E-state index contributed by atoms with van der Waals surface area (Å²) >= 11 is 1.87. The van der Waals surface area contributed by atoms with E-state index in [2.05, 4.69) is 132 Å². The number of hydrogen-bond donors (Lipinski definition) is 0. The van der Waals surface area contributed by atoms with Crippen LogP contribution in [0.2, 0.25) is 0 Å². The van der Waals surface area contributed by atoms with Crippen LogP contribution in [0.3, 0.4) is 0 Å². The van der Waals surface area contributed by atoms with Crippen LogP contribution in [0.4, 0.5) is 0 Å². The monoisotopic (exact) mass is 577 g/mol. The van der Waals surface area contributed by atoms with Crippen LogP contribution in [0.1, 0.15) is 0 Å². The first-order valence-electron chi connectivity index (χ1n) is 14.8. The zero-order chi connectivity index (χ0) is 28.8. The Morgan fingerprint density at radius 3 is 2.02 bits per heavy atom. The van der Waals surface area contributed by atoms with Gasteiger partial charge in [0.05, 0.1) is 22.2 Å². The lowest BCUT2D eigenvalue weighted by atomic mass is 9.98. The molecule has 0 unspecified atom stereocenters. The fraction of sp³-hybridized carbons (Fsp3) is 0. The summed E-state index contributed by atoms with van der Waals surface area (Å²) in [5, 5.41) is 11.1. The van der Waals surface area contributed by atoms with Crippen LogP contribution in [-0.2, 0) is 0 Å². The summed E-state index contributed by atoms with van der Waals surface area (Å²) in [5.41, 5.74) is 5.16. The minimum Gasteiger partial charge on any atom is -0.278 e. The summed E-state index contributed by atoms with van der Waals surface area (Å²) in [6, 6.07) is 50.0. The minimum absolute atomic E-state index is 0.681. The van der Waals surface area contributed by atoms with Gasteiger partial charge in [0.1, 0.15) is 0 Å². The number of thiophene rings is 1. The second-order valence-electron chi connectivity index (χ2n) is 11.4. The Balaban J connectivity index is 1.29. The van der Waals surface area contributed by atoms with Crippen LogP contribution >= 0.6 is 11.3 Å². The van der Waals surface area contributed by atoms with E-state index >= 15 is 0 Å². The van der Waals surface area contributed by atoms with Crippen LogP contribution in [0.5, 0.6) is 0 Å². The number of fused-ring (bicyclic) bond motifs is 10. The quantitative estimate of drug-likeness (QED) is 0.191. The first kappa shape index (κ1) is 23.9. The van der Waals surface area contributed by atoms with Crippen molar-refractivity contribution in [3.8, 4) is 17.2 Å². The summed E-state index contributed by atoms with van der Waals surface area (Å²) in [4.78, 5) is 10.4. The van der Waals surface area contributed by atoms with Gasteiger partial charge in [0, 0.05) is 41.9 Å². The molecule has 44 heavy (non-hydrogen) atoms.